The number of ether oxygens (including phenoxy) is 2. The number of hydrogen-bond donors (Lipinski definition) is 1. The highest BCUT2D eigenvalue weighted by molar-refractivity contribution is 5.74. The summed E-state index contributed by atoms with van der Waals surface area (Å²) in [6, 6.07) is 6.16. The zero-order valence-corrected chi connectivity index (χ0v) is 14.0. The van der Waals surface area contributed by atoms with Gasteiger partial charge in [0.2, 0.25) is 0 Å². The summed E-state index contributed by atoms with van der Waals surface area (Å²) < 4.78 is 36.8. The van der Waals surface area contributed by atoms with Crippen LogP contribution in [0.2, 0.25) is 0 Å². The van der Waals surface area contributed by atoms with Crippen molar-refractivity contribution < 1.29 is 28.2 Å². The third kappa shape index (κ3) is 4.19. The topological polar surface area (TPSA) is 55.8 Å². The fourth-order valence-corrected chi connectivity index (χ4v) is 2.55. The highest BCUT2D eigenvalue weighted by Gasteiger charge is 2.51. The number of hydrogen-bond acceptors (Lipinski definition) is 4. The molecule has 6 heteroatoms. The van der Waals surface area contributed by atoms with Crippen molar-refractivity contribution in [1.29, 1.82) is 0 Å². The van der Waals surface area contributed by atoms with E-state index in [9.17, 15) is 18.7 Å². The van der Waals surface area contributed by atoms with Crippen LogP contribution in [0.25, 0.3) is 0 Å². The number of aliphatic hydroxyl groups is 1. The number of halogens is 2. The molecule has 0 spiro atoms. The maximum absolute atomic E-state index is 13.4. The molecule has 1 aromatic rings. The van der Waals surface area contributed by atoms with Gasteiger partial charge in [-0.25, -0.2) is 8.78 Å². The summed E-state index contributed by atoms with van der Waals surface area (Å²) >= 11 is 0. The quantitative estimate of drug-likeness (QED) is 0.779. The molecule has 0 saturated heterocycles. The molecule has 23 heavy (non-hydrogen) atoms. The van der Waals surface area contributed by atoms with Gasteiger partial charge in [0.25, 0.3) is 6.43 Å². The van der Waals surface area contributed by atoms with E-state index >= 15 is 0 Å². The lowest BCUT2D eigenvalue weighted by atomic mass is 9.73. The first-order chi connectivity index (χ1) is 10.6. The van der Waals surface area contributed by atoms with Crippen molar-refractivity contribution in [2.75, 3.05) is 7.11 Å². The average Bonchev–Trinajstić information content (AvgIpc) is 2.46. The second-order valence-corrected chi connectivity index (χ2v) is 6.01. The molecule has 1 rings (SSSR count). The maximum atomic E-state index is 13.4. The molecule has 130 valence electrons. The smallest absolute Gasteiger partial charge is 0.317 e. The van der Waals surface area contributed by atoms with Gasteiger partial charge in [0.05, 0.1) is 13.2 Å². The van der Waals surface area contributed by atoms with Crippen molar-refractivity contribution in [3.05, 3.63) is 29.8 Å². The second-order valence-electron chi connectivity index (χ2n) is 6.01. The van der Waals surface area contributed by atoms with Gasteiger partial charge >= 0.3 is 5.97 Å². The minimum Gasteiger partial charge on any atom is -0.491 e. The molecule has 1 N–H and O–H groups in total. The molecule has 0 aromatic heterocycles. The van der Waals surface area contributed by atoms with Crippen molar-refractivity contribution >= 4 is 5.97 Å². The molecule has 0 heterocycles. The summed E-state index contributed by atoms with van der Waals surface area (Å²) in [4.78, 5) is 11.8. The third-order valence-electron chi connectivity index (χ3n) is 3.75. The fraction of sp³-hybridized carbons (Fsp3) is 0.588. The van der Waals surface area contributed by atoms with Gasteiger partial charge < -0.3 is 14.6 Å². The Hall–Kier alpha value is -1.69. The first-order valence-electron chi connectivity index (χ1n) is 7.50. The summed E-state index contributed by atoms with van der Waals surface area (Å²) in [6.45, 7) is 6.89. The predicted molar refractivity (Wildman–Crippen MR) is 82.5 cm³/mol. The summed E-state index contributed by atoms with van der Waals surface area (Å²) in [5, 5.41) is 10.9. The molecule has 0 aliphatic heterocycles. The van der Waals surface area contributed by atoms with E-state index in [0.29, 0.717) is 5.75 Å². The summed E-state index contributed by atoms with van der Waals surface area (Å²) in [5.74, 6) is -3.18. The van der Waals surface area contributed by atoms with Crippen molar-refractivity contribution in [1.82, 2.24) is 0 Å². The number of carbonyl (C=O) groups excluding carboxylic acids is 1. The highest BCUT2D eigenvalue weighted by atomic mass is 19.3. The lowest BCUT2D eigenvalue weighted by Crippen LogP contribution is -2.48. The average molecular weight is 330 g/mol. The van der Waals surface area contributed by atoms with Crippen LogP contribution in [0.1, 0.15) is 33.3 Å². The van der Waals surface area contributed by atoms with E-state index in [2.05, 4.69) is 4.74 Å². The summed E-state index contributed by atoms with van der Waals surface area (Å²) in [5.41, 5.74) is -1.82. The molecule has 0 amide bonds. The molecule has 0 aliphatic rings. The van der Waals surface area contributed by atoms with Crippen LogP contribution in [0.5, 0.6) is 5.75 Å². The molecular formula is C17H24F2O4. The molecule has 0 fully saturated rings. The third-order valence-corrected chi connectivity index (χ3v) is 3.75. The number of benzene rings is 1. The van der Waals surface area contributed by atoms with E-state index in [0.717, 1.165) is 7.11 Å². The summed E-state index contributed by atoms with van der Waals surface area (Å²) in [7, 11) is 1.03. The van der Waals surface area contributed by atoms with Crippen LogP contribution in [0.4, 0.5) is 8.78 Å². The van der Waals surface area contributed by atoms with Gasteiger partial charge in [-0.15, -0.1) is 0 Å². The molecular weight excluding hydrogens is 306 g/mol. The van der Waals surface area contributed by atoms with Gasteiger partial charge in [-0.1, -0.05) is 26.0 Å². The Morgan fingerprint density at radius 3 is 2.00 bits per heavy atom. The fourth-order valence-electron chi connectivity index (χ4n) is 2.55. The Balaban J connectivity index is 3.30. The zero-order chi connectivity index (χ0) is 17.8. The standard InChI is InChI=1S/C17H24F2O4/c1-10(2)17(21,14(15(18)19)16(20)22-5)12-6-8-13(9-7-12)23-11(3)4/h6-11,14-15,21H,1-5H3. The predicted octanol–water partition coefficient (Wildman–Crippen LogP) is 3.37. The monoisotopic (exact) mass is 330 g/mol. The Morgan fingerprint density at radius 1 is 1.13 bits per heavy atom. The van der Waals surface area contributed by atoms with Crippen LogP contribution < -0.4 is 4.74 Å². The van der Waals surface area contributed by atoms with E-state index in [-0.39, 0.29) is 11.7 Å². The largest absolute Gasteiger partial charge is 0.491 e. The Kier molecular flexibility index (Phi) is 6.50. The van der Waals surface area contributed by atoms with Crippen LogP contribution >= 0.6 is 0 Å². The van der Waals surface area contributed by atoms with Crippen LogP contribution in [0.3, 0.4) is 0 Å². The van der Waals surface area contributed by atoms with E-state index in [1.807, 2.05) is 13.8 Å². The Labute approximate surface area is 135 Å². The van der Waals surface area contributed by atoms with Gasteiger partial charge in [0, 0.05) is 0 Å². The molecule has 0 aliphatic carbocycles. The van der Waals surface area contributed by atoms with Crippen LogP contribution in [-0.4, -0.2) is 30.7 Å². The van der Waals surface area contributed by atoms with Gasteiger partial charge in [0.1, 0.15) is 11.4 Å². The van der Waals surface area contributed by atoms with E-state index in [1.54, 1.807) is 26.0 Å². The lowest BCUT2D eigenvalue weighted by Gasteiger charge is -2.38. The van der Waals surface area contributed by atoms with Crippen LogP contribution in [-0.2, 0) is 15.1 Å². The maximum Gasteiger partial charge on any atom is 0.317 e. The molecule has 0 bridgehead atoms. The Morgan fingerprint density at radius 2 is 1.65 bits per heavy atom. The van der Waals surface area contributed by atoms with Crippen LogP contribution in [0.15, 0.2) is 24.3 Å². The van der Waals surface area contributed by atoms with Crippen LogP contribution in [0, 0.1) is 11.8 Å². The summed E-state index contributed by atoms with van der Waals surface area (Å²) in [6.07, 6.45) is -3.09. The first-order valence-corrected chi connectivity index (χ1v) is 7.50. The minimum atomic E-state index is -3.05. The van der Waals surface area contributed by atoms with Crippen molar-refractivity contribution in [2.24, 2.45) is 11.8 Å². The minimum absolute atomic E-state index is 0.0336. The molecule has 4 nitrogen and oxygen atoms in total. The van der Waals surface area contributed by atoms with Gasteiger partial charge in [-0.3, -0.25) is 4.79 Å². The normalized spacial score (nSPS) is 15.6. The molecule has 1 aromatic carbocycles. The Bertz CT molecular complexity index is 514. The lowest BCUT2D eigenvalue weighted by molar-refractivity contribution is -0.176. The highest BCUT2D eigenvalue weighted by Crippen LogP contribution is 2.41. The molecule has 2 atom stereocenters. The van der Waals surface area contributed by atoms with Crippen molar-refractivity contribution in [3.8, 4) is 5.75 Å². The van der Waals surface area contributed by atoms with E-state index in [4.69, 9.17) is 4.74 Å². The van der Waals surface area contributed by atoms with Gasteiger partial charge in [-0.2, -0.15) is 0 Å². The van der Waals surface area contributed by atoms with Gasteiger partial charge in [0.15, 0.2) is 5.92 Å². The second kappa shape index (κ2) is 7.73. The van der Waals surface area contributed by atoms with E-state index in [1.165, 1.54) is 12.1 Å². The van der Waals surface area contributed by atoms with Gasteiger partial charge in [-0.05, 0) is 37.5 Å². The van der Waals surface area contributed by atoms with Crippen molar-refractivity contribution in [3.63, 3.8) is 0 Å². The van der Waals surface area contributed by atoms with E-state index < -0.39 is 29.8 Å². The number of esters is 1. The molecule has 2 unspecified atom stereocenters. The first kappa shape index (κ1) is 19.4. The zero-order valence-electron chi connectivity index (χ0n) is 14.0. The number of carbonyl (C=O) groups is 1. The molecule has 0 saturated carbocycles. The number of methoxy groups -OCH3 is 1. The molecule has 0 radical (unpaired) electrons. The number of rotatable bonds is 7. The SMILES string of the molecule is COC(=O)C(C(F)F)C(O)(c1ccc(OC(C)C)cc1)C(C)C. The van der Waals surface area contributed by atoms with Crippen molar-refractivity contribution in [2.45, 2.75) is 45.8 Å². The number of alkyl halides is 2.